The van der Waals surface area contributed by atoms with Gasteiger partial charge in [0.05, 0.1) is 0 Å². The van der Waals surface area contributed by atoms with Crippen molar-refractivity contribution in [3.63, 3.8) is 0 Å². The number of hydrogen-bond acceptors (Lipinski definition) is 5. The lowest BCUT2D eigenvalue weighted by molar-refractivity contribution is 0.377. The molecule has 0 aliphatic rings. The lowest BCUT2D eigenvalue weighted by Gasteiger charge is -2.03. The van der Waals surface area contributed by atoms with Crippen molar-refractivity contribution in [2.45, 2.75) is 13.3 Å². The smallest absolute Gasteiger partial charge is 0.228 e. The van der Waals surface area contributed by atoms with Crippen molar-refractivity contribution in [3.05, 3.63) is 36.0 Å². The summed E-state index contributed by atoms with van der Waals surface area (Å²) in [4.78, 5) is 7.52. The van der Waals surface area contributed by atoms with Gasteiger partial charge < -0.3 is 9.84 Å². The highest BCUT2D eigenvalue weighted by atomic mass is 19.1. The summed E-state index contributed by atoms with van der Waals surface area (Å²) in [7, 11) is 0. The second-order valence-corrected chi connectivity index (χ2v) is 3.28. The Kier molecular flexibility index (Phi) is 3.09. The minimum Gasteiger partial charge on any atom is -0.384 e. The van der Waals surface area contributed by atoms with Crippen LogP contribution in [0.3, 0.4) is 0 Å². The van der Waals surface area contributed by atoms with Crippen LogP contribution in [-0.2, 0) is 6.42 Å². The summed E-state index contributed by atoms with van der Waals surface area (Å²) in [5, 5.41) is 6.71. The van der Waals surface area contributed by atoms with E-state index in [4.69, 9.17) is 4.52 Å². The Hall–Kier alpha value is -1.98. The first kappa shape index (κ1) is 10.5. The summed E-state index contributed by atoms with van der Waals surface area (Å²) in [5.74, 6) is 0.683. The molecule has 0 saturated heterocycles. The molecule has 0 amide bonds. The number of aryl methyl sites for hydroxylation is 1. The Bertz CT molecular complexity index is 471. The Balaban J connectivity index is 1.84. The highest BCUT2D eigenvalue weighted by Gasteiger charge is 2.02. The maximum absolute atomic E-state index is 12.7. The molecule has 84 valence electrons. The standard InChI is InChI=1S/C10H11FN4O/c1-7-14-10(16-15-7)3-5-12-8-2-4-13-9(11)6-8/h2,4,6H,3,5H2,1H3,(H,12,13). The van der Waals surface area contributed by atoms with E-state index in [0.29, 0.717) is 30.4 Å². The normalized spacial score (nSPS) is 10.4. The van der Waals surface area contributed by atoms with Gasteiger partial charge in [0, 0.05) is 30.9 Å². The van der Waals surface area contributed by atoms with Crippen LogP contribution in [0, 0.1) is 12.9 Å². The van der Waals surface area contributed by atoms with Crippen LogP contribution < -0.4 is 5.32 Å². The van der Waals surface area contributed by atoms with E-state index in [1.807, 2.05) is 0 Å². The summed E-state index contributed by atoms with van der Waals surface area (Å²) < 4.78 is 17.7. The van der Waals surface area contributed by atoms with Gasteiger partial charge in [0.25, 0.3) is 0 Å². The van der Waals surface area contributed by atoms with Crippen molar-refractivity contribution in [3.8, 4) is 0 Å². The van der Waals surface area contributed by atoms with Gasteiger partial charge in [-0.2, -0.15) is 9.37 Å². The lowest BCUT2D eigenvalue weighted by atomic mass is 10.3. The minimum absolute atomic E-state index is 0.501. The molecule has 2 rings (SSSR count). The van der Waals surface area contributed by atoms with Crippen LogP contribution in [0.5, 0.6) is 0 Å². The number of hydrogen-bond donors (Lipinski definition) is 1. The van der Waals surface area contributed by atoms with Gasteiger partial charge in [0.15, 0.2) is 5.82 Å². The molecule has 6 heteroatoms. The van der Waals surface area contributed by atoms with E-state index in [0.717, 1.165) is 0 Å². The largest absolute Gasteiger partial charge is 0.384 e. The summed E-state index contributed by atoms with van der Waals surface area (Å²) >= 11 is 0. The fraction of sp³-hybridized carbons (Fsp3) is 0.300. The predicted molar refractivity (Wildman–Crippen MR) is 55.4 cm³/mol. The molecule has 0 aliphatic carbocycles. The fourth-order valence-electron chi connectivity index (χ4n) is 1.27. The third kappa shape index (κ3) is 2.75. The van der Waals surface area contributed by atoms with Gasteiger partial charge in [-0.15, -0.1) is 0 Å². The van der Waals surface area contributed by atoms with Crippen LogP contribution >= 0.6 is 0 Å². The lowest BCUT2D eigenvalue weighted by Crippen LogP contribution is -2.05. The molecule has 0 aromatic carbocycles. The van der Waals surface area contributed by atoms with Gasteiger partial charge in [0.1, 0.15) is 0 Å². The van der Waals surface area contributed by atoms with Crippen LogP contribution in [0.25, 0.3) is 0 Å². The van der Waals surface area contributed by atoms with Gasteiger partial charge in [-0.05, 0) is 13.0 Å². The summed E-state index contributed by atoms with van der Waals surface area (Å²) in [6.45, 7) is 2.36. The monoisotopic (exact) mass is 222 g/mol. The molecular formula is C10H11FN4O. The molecule has 0 aliphatic heterocycles. The van der Waals surface area contributed by atoms with Crippen LogP contribution in [0.1, 0.15) is 11.7 Å². The molecule has 1 N–H and O–H groups in total. The van der Waals surface area contributed by atoms with Crippen LogP contribution in [0.4, 0.5) is 10.1 Å². The highest BCUT2D eigenvalue weighted by Crippen LogP contribution is 2.06. The van der Waals surface area contributed by atoms with Crippen LogP contribution in [0.15, 0.2) is 22.9 Å². The van der Waals surface area contributed by atoms with Gasteiger partial charge in [-0.3, -0.25) is 0 Å². The summed E-state index contributed by atoms with van der Waals surface area (Å²) in [6.07, 6.45) is 2.01. The Morgan fingerprint density at radius 1 is 1.50 bits per heavy atom. The fourth-order valence-corrected chi connectivity index (χ4v) is 1.27. The van der Waals surface area contributed by atoms with Crippen molar-refractivity contribution in [1.29, 1.82) is 0 Å². The zero-order valence-electron chi connectivity index (χ0n) is 8.77. The first-order chi connectivity index (χ1) is 7.74. The zero-order valence-corrected chi connectivity index (χ0v) is 8.77. The van der Waals surface area contributed by atoms with Gasteiger partial charge in [-0.25, -0.2) is 4.98 Å². The average molecular weight is 222 g/mol. The average Bonchev–Trinajstić information content (AvgIpc) is 2.64. The van der Waals surface area contributed by atoms with Crippen LogP contribution in [0.2, 0.25) is 0 Å². The maximum atomic E-state index is 12.7. The third-order valence-corrected chi connectivity index (χ3v) is 1.96. The number of anilines is 1. The molecule has 5 nitrogen and oxygen atoms in total. The van der Waals surface area contributed by atoms with E-state index in [-0.39, 0.29) is 0 Å². The maximum Gasteiger partial charge on any atom is 0.228 e. The number of aromatic nitrogens is 3. The molecule has 0 fully saturated rings. The molecule has 0 spiro atoms. The molecule has 2 aromatic rings. The molecule has 2 aromatic heterocycles. The number of nitrogens with zero attached hydrogens (tertiary/aromatic N) is 3. The number of halogens is 1. The van der Waals surface area contributed by atoms with Crippen molar-refractivity contribution in [2.75, 3.05) is 11.9 Å². The topological polar surface area (TPSA) is 63.8 Å². The minimum atomic E-state index is -0.501. The number of rotatable bonds is 4. The molecule has 0 bridgehead atoms. The third-order valence-electron chi connectivity index (χ3n) is 1.96. The first-order valence-electron chi connectivity index (χ1n) is 4.88. The Morgan fingerprint density at radius 3 is 3.06 bits per heavy atom. The highest BCUT2D eigenvalue weighted by molar-refractivity contribution is 5.41. The van der Waals surface area contributed by atoms with E-state index in [1.165, 1.54) is 12.3 Å². The summed E-state index contributed by atoms with van der Waals surface area (Å²) in [6, 6.07) is 3.03. The van der Waals surface area contributed by atoms with Crippen molar-refractivity contribution < 1.29 is 8.91 Å². The second kappa shape index (κ2) is 4.69. The molecule has 0 saturated carbocycles. The Labute approximate surface area is 91.7 Å². The predicted octanol–water partition coefficient (Wildman–Crippen LogP) is 1.57. The zero-order chi connectivity index (χ0) is 11.4. The van der Waals surface area contributed by atoms with Gasteiger partial charge >= 0.3 is 0 Å². The van der Waals surface area contributed by atoms with Gasteiger partial charge in [0.2, 0.25) is 11.8 Å². The van der Waals surface area contributed by atoms with Gasteiger partial charge in [-0.1, -0.05) is 5.16 Å². The first-order valence-corrected chi connectivity index (χ1v) is 4.88. The van der Waals surface area contributed by atoms with Crippen molar-refractivity contribution in [1.82, 2.24) is 15.1 Å². The molecule has 0 unspecified atom stereocenters. The van der Waals surface area contributed by atoms with E-state index in [9.17, 15) is 4.39 Å². The molecule has 0 atom stereocenters. The molecule has 16 heavy (non-hydrogen) atoms. The van der Waals surface area contributed by atoms with Crippen LogP contribution in [-0.4, -0.2) is 21.7 Å². The van der Waals surface area contributed by atoms with E-state index >= 15 is 0 Å². The van der Waals surface area contributed by atoms with Crippen molar-refractivity contribution >= 4 is 5.69 Å². The molecular weight excluding hydrogens is 211 g/mol. The number of nitrogens with one attached hydrogen (secondary N) is 1. The van der Waals surface area contributed by atoms with E-state index in [1.54, 1.807) is 13.0 Å². The quantitative estimate of drug-likeness (QED) is 0.795. The molecule has 2 heterocycles. The van der Waals surface area contributed by atoms with E-state index in [2.05, 4.69) is 20.4 Å². The number of pyridine rings is 1. The van der Waals surface area contributed by atoms with Crippen molar-refractivity contribution in [2.24, 2.45) is 0 Å². The van der Waals surface area contributed by atoms with E-state index < -0.39 is 5.95 Å². The molecule has 0 radical (unpaired) electrons. The second-order valence-electron chi connectivity index (χ2n) is 3.28. The SMILES string of the molecule is Cc1noc(CCNc2ccnc(F)c2)n1. The summed E-state index contributed by atoms with van der Waals surface area (Å²) in [5.41, 5.74) is 0.684. The Morgan fingerprint density at radius 2 is 2.38 bits per heavy atom.